The topological polar surface area (TPSA) is 0 Å². The Kier molecular flexibility index (Phi) is 62.5. The minimum atomic E-state index is -1.89. The zero-order valence-electron chi connectivity index (χ0n) is 48.6. The van der Waals surface area contributed by atoms with Crippen molar-refractivity contribution in [1.29, 1.82) is 0 Å². The Bertz CT molecular complexity index is 701. The molecular formula is C64H136Sn2. The van der Waals surface area contributed by atoms with Gasteiger partial charge in [-0.3, -0.25) is 0 Å². The fraction of sp³-hybridized carbons (Fsp3) is 1.00. The quantitative estimate of drug-likeness (QED) is 0.0421. The van der Waals surface area contributed by atoms with E-state index in [1.165, 1.54) is 231 Å². The van der Waals surface area contributed by atoms with Gasteiger partial charge in [-0.1, -0.05) is 0 Å². The van der Waals surface area contributed by atoms with Gasteiger partial charge in [0.1, 0.15) is 0 Å². The number of rotatable bonds is 56. The Labute approximate surface area is 432 Å². The van der Waals surface area contributed by atoms with Gasteiger partial charge in [0.2, 0.25) is 0 Å². The maximum atomic E-state index is 2.43. The molecule has 0 N–H and O–H groups in total. The van der Waals surface area contributed by atoms with Crippen molar-refractivity contribution in [3.8, 4) is 0 Å². The molecule has 0 heterocycles. The molecule has 400 valence electrons. The van der Waals surface area contributed by atoms with Gasteiger partial charge in [0.15, 0.2) is 0 Å². The Hall–Kier alpha value is 1.60. The summed E-state index contributed by atoms with van der Waals surface area (Å²) >= 11 is -3.78. The Balaban J connectivity index is 0. The van der Waals surface area contributed by atoms with Crippen LogP contribution in [0.5, 0.6) is 0 Å². The van der Waals surface area contributed by atoms with E-state index in [4.69, 9.17) is 0 Å². The second-order valence-electron chi connectivity index (χ2n) is 23.1. The molecule has 2 heteroatoms. The summed E-state index contributed by atoms with van der Waals surface area (Å²) in [7, 11) is 0. The van der Waals surface area contributed by atoms with Crippen molar-refractivity contribution in [1.82, 2.24) is 0 Å². The molecule has 0 aromatic heterocycles. The summed E-state index contributed by atoms with van der Waals surface area (Å²) in [6.45, 7) is 19.0. The first-order valence-corrected chi connectivity index (χ1v) is 48.6. The Morgan fingerprint density at radius 3 is 0.364 bits per heavy atom. The maximum absolute atomic E-state index is 2.43. The summed E-state index contributed by atoms with van der Waals surface area (Å²) in [6, 6.07) is 0. The molecule has 0 saturated heterocycles. The van der Waals surface area contributed by atoms with Crippen LogP contribution < -0.4 is 0 Å². The second kappa shape index (κ2) is 59.2. The number of hydrogen-bond acceptors (Lipinski definition) is 0. The normalized spacial score (nSPS) is 12.0. The first kappa shape index (κ1) is 69.7. The number of unbranched alkanes of at least 4 members (excludes halogenated alkanes) is 40. The average Bonchev–Trinajstić information content (AvgIpc) is 3.33. The van der Waals surface area contributed by atoms with Crippen LogP contribution in [-0.4, -0.2) is 36.8 Å². The van der Waals surface area contributed by atoms with Gasteiger partial charge < -0.3 is 0 Å². The van der Waals surface area contributed by atoms with Gasteiger partial charge in [-0.15, -0.1) is 0 Å². The van der Waals surface area contributed by atoms with Gasteiger partial charge in [0, 0.05) is 0 Å². The van der Waals surface area contributed by atoms with Gasteiger partial charge in [0.05, 0.1) is 0 Å². The molecule has 0 aromatic rings. The van der Waals surface area contributed by atoms with Crippen LogP contribution in [0.25, 0.3) is 0 Å². The summed E-state index contributed by atoms with van der Waals surface area (Å²) in [5.74, 6) is 0. The van der Waals surface area contributed by atoms with E-state index in [1.807, 2.05) is 0 Å². The fourth-order valence-corrected chi connectivity index (χ4v) is 44.2. The van der Waals surface area contributed by atoms with E-state index in [0.717, 1.165) is 0 Å². The summed E-state index contributed by atoms with van der Waals surface area (Å²) < 4.78 is 13.8. The van der Waals surface area contributed by atoms with E-state index >= 15 is 0 Å². The van der Waals surface area contributed by atoms with Crippen LogP contribution in [0.4, 0.5) is 0 Å². The van der Waals surface area contributed by atoms with Gasteiger partial charge in [0.25, 0.3) is 0 Å². The zero-order valence-corrected chi connectivity index (χ0v) is 54.3. The predicted molar refractivity (Wildman–Crippen MR) is 317 cm³/mol. The fourth-order valence-electron chi connectivity index (χ4n) is 11.7. The van der Waals surface area contributed by atoms with Crippen LogP contribution in [0, 0.1) is 0 Å². The average molecular weight is 1140 g/mol. The molecule has 0 saturated carbocycles. The van der Waals surface area contributed by atoms with Crippen LogP contribution >= 0.6 is 0 Å². The molecule has 0 amide bonds. The van der Waals surface area contributed by atoms with Crippen molar-refractivity contribution in [2.45, 2.75) is 399 Å². The third-order valence-corrected chi connectivity index (χ3v) is 48.8. The number of hydrogen-bond donors (Lipinski definition) is 0. The third-order valence-electron chi connectivity index (χ3n) is 16.5. The predicted octanol–water partition coefficient (Wildman–Crippen LogP) is 25.8. The van der Waals surface area contributed by atoms with Crippen molar-refractivity contribution in [2.24, 2.45) is 0 Å². The molecule has 0 fully saturated rings. The van der Waals surface area contributed by atoms with Crippen molar-refractivity contribution < 1.29 is 0 Å². The summed E-state index contributed by atoms with van der Waals surface area (Å²) in [5.41, 5.74) is 0. The van der Waals surface area contributed by atoms with E-state index in [9.17, 15) is 0 Å². The van der Waals surface area contributed by atoms with Gasteiger partial charge in [-0.2, -0.15) is 0 Å². The zero-order chi connectivity index (χ0) is 48.6. The SMILES string of the molecule is CCCCCCCCCCC[CH2][Sn]([CH2]CCC)([CH2]CCC)[CH2]CCCCCCCCCCC.CCCCCCCCCCC[CH2][Sn]([CH2]CCC)([CH2]CCC)[CH2]CCCCCCCCCCC. The third kappa shape index (κ3) is 50.5. The van der Waals surface area contributed by atoms with E-state index in [0.29, 0.717) is 0 Å². The second-order valence-corrected chi connectivity index (χ2v) is 51.7. The van der Waals surface area contributed by atoms with Crippen LogP contribution in [0.3, 0.4) is 0 Å². The summed E-state index contributed by atoms with van der Waals surface area (Å²) in [5, 5.41) is 0. The van der Waals surface area contributed by atoms with Crippen molar-refractivity contribution in [3.05, 3.63) is 0 Å². The first-order chi connectivity index (χ1) is 32.5. The summed E-state index contributed by atoms with van der Waals surface area (Å²) in [4.78, 5) is 0. The molecule has 66 heavy (non-hydrogen) atoms. The van der Waals surface area contributed by atoms with E-state index in [2.05, 4.69) is 55.4 Å². The monoisotopic (exact) mass is 1140 g/mol. The van der Waals surface area contributed by atoms with Crippen molar-refractivity contribution >= 4 is 36.8 Å². The molecule has 0 aliphatic heterocycles. The van der Waals surface area contributed by atoms with Crippen LogP contribution in [-0.2, 0) is 0 Å². The summed E-state index contributed by atoms with van der Waals surface area (Å²) in [6.07, 6.45) is 71.8. The van der Waals surface area contributed by atoms with Crippen molar-refractivity contribution in [2.75, 3.05) is 0 Å². The molecule has 0 nitrogen and oxygen atoms in total. The molecular weight excluding hydrogens is 1010 g/mol. The Morgan fingerprint density at radius 1 is 0.121 bits per heavy atom. The van der Waals surface area contributed by atoms with E-state index < -0.39 is 36.8 Å². The van der Waals surface area contributed by atoms with Crippen molar-refractivity contribution in [3.63, 3.8) is 0 Å². The van der Waals surface area contributed by atoms with Crippen LogP contribution in [0.1, 0.15) is 364 Å². The molecule has 0 unspecified atom stereocenters. The first-order valence-electron chi connectivity index (χ1n) is 32.5. The van der Waals surface area contributed by atoms with Gasteiger partial charge in [-0.05, 0) is 0 Å². The molecule has 0 atom stereocenters. The van der Waals surface area contributed by atoms with Crippen LogP contribution in [0.2, 0.25) is 35.5 Å². The molecule has 0 radical (unpaired) electrons. The molecule has 0 spiro atoms. The molecule has 0 bridgehead atoms. The standard InChI is InChI=1S/4C12H25.4C4H9.2Sn/c4*1-3-5-7-9-11-12-10-8-6-4-2;4*1-3-4-2;;/h4*1,3-12H2,2H3;4*1,3-4H2,2H3;;. The van der Waals surface area contributed by atoms with E-state index in [-0.39, 0.29) is 0 Å². The molecule has 0 aromatic carbocycles. The van der Waals surface area contributed by atoms with E-state index in [1.54, 1.807) is 113 Å². The Morgan fingerprint density at radius 2 is 0.227 bits per heavy atom. The minimum absolute atomic E-state index is 1.38. The molecule has 0 rings (SSSR count). The molecule has 0 aliphatic carbocycles. The van der Waals surface area contributed by atoms with Gasteiger partial charge in [-0.25, -0.2) is 0 Å². The molecule has 0 aliphatic rings. The van der Waals surface area contributed by atoms with Crippen LogP contribution in [0.15, 0.2) is 0 Å². The van der Waals surface area contributed by atoms with Gasteiger partial charge >= 0.3 is 436 Å².